The van der Waals surface area contributed by atoms with Gasteiger partial charge in [-0.15, -0.1) is 0 Å². The minimum Gasteiger partial charge on any atom is -0.338 e. The van der Waals surface area contributed by atoms with Gasteiger partial charge in [-0.05, 0) is 18.2 Å². The van der Waals surface area contributed by atoms with Crippen molar-refractivity contribution in [1.82, 2.24) is 9.55 Å². The number of aromatic nitrogens is 2. The highest BCUT2D eigenvalue weighted by molar-refractivity contribution is 6.35. The van der Waals surface area contributed by atoms with E-state index in [0.717, 1.165) is 5.82 Å². The molecule has 2 rings (SSSR count). The fourth-order valence-corrected chi connectivity index (χ4v) is 2.10. The van der Waals surface area contributed by atoms with Crippen molar-refractivity contribution in [3.63, 3.8) is 0 Å². The molecule has 0 fully saturated rings. The van der Waals surface area contributed by atoms with Gasteiger partial charge in [0.25, 0.3) is 0 Å². The molecule has 0 aliphatic rings. The Morgan fingerprint density at radius 3 is 2.83 bits per heavy atom. The van der Waals surface area contributed by atoms with Crippen LogP contribution < -0.4 is 0 Å². The van der Waals surface area contributed by atoms with Gasteiger partial charge in [0.15, 0.2) is 5.78 Å². The summed E-state index contributed by atoms with van der Waals surface area (Å²) in [5.74, 6) is 0.854. The maximum atomic E-state index is 12.0. The molecule has 0 saturated carbocycles. The topological polar surface area (TPSA) is 34.9 Å². The third kappa shape index (κ3) is 2.92. The van der Waals surface area contributed by atoms with Crippen LogP contribution in [0, 0.1) is 0 Å². The summed E-state index contributed by atoms with van der Waals surface area (Å²) in [5, 5.41) is 0.948. The molecule has 0 radical (unpaired) electrons. The normalized spacial score (nSPS) is 10.6. The number of imidazole rings is 1. The lowest BCUT2D eigenvalue weighted by Gasteiger charge is -2.04. The molecule has 1 heterocycles. The number of carbonyl (C=O) groups excluding carboxylic acids is 1. The second kappa shape index (κ2) is 5.55. The van der Waals surface area contributed by atoms with Gasteiger partial charge in [0.05, 0.1) is 5.02 Å². The number of hydrogen-bond donors (Lipinski definition) is 0. The Labute approximate surface area is 115 Å². The van der Waals surface area contributed by atoms with Gasteiger partial charge in [-0.3, -0.25) is 4.79 Å². The zero-order valence-electron chi connectivity index (χ0n) is 9.86. The summed E-state index contributed by atoms with van der Waals surface area (Å²) in [6, 6.07) is 4.90. The monoisotopic (exact) mass is 282 g/mol. The zero-order chi connectivity index (χ0) is 13.1. The smallest absolute Gasteiger partial charge is 0.164 e. The Kier molecular flexibility index (Phi) is 4.04. The lowest BCUT2D eigenvalue weighted by Crippen LogP contribution is -2.05. The van der Waals surface area contributed by atoms with E-state index >= 15 is 0 Å². The first-order valence-corrected chi connectivity index (χ1v) is 6.28. The van der Waals surface area contributed by atoms with Crippen molar-refractivity contribution in [2.75, 3.05) is 0 Å². The molecular weight excluding hydrogens is 271 g/mol. The van der Waals surface area contributed by atoms with E-state index < -0.39 is 0 Å². The van der Waals surface area contributed by atoms with Crippen molar-refractivity contribution in [2.45, 2.75) is 12.8 Å². The zero-order valence-corrected chi connectivity index (χ0v) is 11.4. The van der Waals surface area contributed by atoms with Crippen LogP contribution in [0.25, 0.3) is 0 Å². The van der Waals surface area contributed by atoms with Crippen molar-refractivity contribution in [1.29, 1.82) is 0 Å². The Morgan fingerprint density at radius 2 is 2.17 bits per heavy atom. The molecule has 0 spiro atoms. The summed E-state index contributed by atoms with van der Waals surface area (Å²) in [7, 11) is 1.90. The van der Waals surface area contributed by atoms with Crippen molar-refractivity contribution < 1.29 is 4.79 Å². The molecule has 1 aromatic carbocycles. The van der Waals surface area contributed by atoms with Gasteiger partial charge in [0.2, 0.25) is 0 Å². The molecule has 0 saturated heterocycles. The van der Waals surface area contributed by atoms with E-state index in [9.17, 15) is 4.79 Å². The third-order valence-corrected chi connectivity index (χ3v) is 3.29. The summed E-state index contributed by atoms with van der Waals surface area (Å²) in [6.07, 6.45) is 4.52. The Hall–Kier alpha value is -1.32. The van der Waals surface area contributed by atoms with E-state index in [2.05, 4.69) is 4.98 Å². The maximum Gasteiger partial charge on any atom is 0.164 e. The number of Topliss-reactive ketones (excluding diaryl/α,β-unsaturated/α-hetero) is 1. The highest BCUT2D eigenvalue weighted by atomic mass is 35.5. The number of ketones is 1. The SMILES string of the molecule is Cn1ccnc1CCC(=O)c1cc(Cl)ccc1Cl. The summed E-state index contributed by atoms with van der Waals surface area (Å²) in [4.78, 5) is 16.2. The molecule has 0 unspecified atom stereocenters. The highest BCUT2D eigenvalue weighted by Crippen LogP contribution is 2.22. The second-order valence-electron chi connectivity index (χ2n) is 4.00. The molecule has 94 valence electrons. The molecule has 3 nitrogen and oxygen atoms in total. The molecule has 0 aliphatic heterocycles. The van der Waals surface area contributed by atoms with E-state index in [1.165, 1.54) is 0 Å². The van der Waals surface area contributed by atoms with Crippen LogP contribution in [-0.4, -0.2) is 15.3 Å². The van der Waals surface area contributed by atoms with Crippen molar-refractivity contribution in [3.8, 4) is 0 Å². The van der Waals surface area contributed by atoms with Crippen LogP contribution >= 0.6 is 23.2 Å². The molecule has 1 aromatic heterocycles. The largest absolute Gasteiger partial charge is 0.338 e. The van der Waals surface area contributed by atoms with E-state index in [1.807, 2.05) is 17.8 Å². The highest BCUT2D eigenvalue weighted by Gasteiger charge is 2.12. The molecule has 0 bridgehead atoms. The standard InChI is InChI=1S/C13H12Cl2N2O/c1-17-7-6-16-13(17)5-4-12(18)10-8-9(14)2-3-11(10)15/h2-3,6-8H,4-5H2,1H3. The quantitative estimate of drug-likeness (QED) is 0.804. The van der Waals surface area contributed by atoms with Gasteiger partial charge >= 0.3 is 0 Å². The summed E-state index contributed by atoms with van der Waals surface area (Å²) in [5.41, 5.74) is 0.471. The van der Waals surface area contributed by atoms with E-state index in [4.69, 9.17) is 23.2 Å². The van der Waals surface area contributed by atoms with Crippen LogP contribution in [0.4, 0.5) is 0 Å². The molecule has 0 atom stereocenters. The summed E-state index contributed by atoms with van der Waals surface area (Å²) in [6.45, 7) is 0. The number of halogens is 2. The second-order valence-corrected chi connectivity index (χ2v) is 4.85. The lowest BCUT2D eigenvalue weighted by molar-refractivity contribution is 0.0982. The molecule has 0 amide bonds. The van der Waals surface area contributed by atoms with Crippen LogP contribution in [-0.2, 0) is 13.5 Å². The fourth-order valence-electron chi connectivity index (χ4n) is 1.71. The first kappa shape index (κ1) is 13.1. The molecule has 5 heteroatoms. The van der Waals surface area contributed by atoms with Crippen molar-refractivity contribution in [2.24, 2.45) is 7.05 Å². The lowest BCUT2D eigenvalue weighted by atomic mass is 10.1. The average molecular weight is 283 g/mol. The van der Waals surface area contributed by atoms with Crippen LogP contribution in [0.15, 0.2) is 30.6 Å². The first-order valence-electron chi connectivity index (χ1n) is 5.52. The van der Waals surface area contributed by atoms with Crippen molar-refractivity contribution >= 4 is 29.0 Å². The molecular formula is C13H12Cl2N2O. The number of benzene rings is 1. The number of rotatable bonds is 4. The molecule has 0 aliphatic carbocycles. The van der Waals surface area contributed by atoms with Crippen molar-refractivity contribution in [3.05, 3.63) is 52.0 Å². The van der Waals surface area contributed by atoms with Crippen LogP contribution in [0.1, 0.15) is 22.6 Å². The van der Waals surface area contributed by atoms with E-state index in [-0.39, 0.29) is 5.78 Å². The number of aryl methyl sites for hydroxylation is 2. The third-order valence-electron chi connectivity index (χ3n) is 2.73. The van der Waals surface area contributed by atoms with Gasteiger partial charge in [0.1, 0.15) is 5.82 Å². The first-order chi connectivity index (χ1) is 8.58. The number of nitrogens with zero attached hydrogens (tertiary/aromatic N) is 2. The molecule has 18 heavy (non-hydrogen) atoms. The van der Waals surface area contributed by atoms with Crippen LogP contribution in [0.5, 0.6) is 0 Å². The Bertz CT molecular complexity index is 578. The molecule has 0 N–H and O–H groups in total. The summed E-state index contributed by atoms with van der Waals surface area (Å²) < 4.78 is 1.90. The number of carbonyl (C=O) groups is 1. The summed E-state index contributed by atoms with van der Waals surface area (Å²) >= 11 is 11.8. The minimum atomic E-state index is -0.0227. The molecule has 2 aromatic rings. The fraction of sp³-hybridized carbons (Fsp3) is 0.231. The maximum absolute atomic E-state index is 12.0. The predicted molar refractivity (Wildman–Crippen MR) is 72.3 cm³/mol. The van der Waals surface area contributed by atoms with Crippen LogP contribution in [0.3, 0.4) is 0 Å². The van der Waals surface area contributed by atoms with Crippen LogP contribution in [0.2, 0.25) is 10.0 Å². The van der Waals surface area contributed by atoms with Gasteiger partial charge in [-0.2, -0.15) is 0 Å². The van der Waals surface area contributed by atoms with Gasteiger partial charge in [-0.1, -0.05) is 23.2 Å². The predicted octanol–water partition coefficient (Wildman–Crippen LogP) is 3.54. The average Bonchev–Trinajstić information content (AvgIpc) is 2.75. The number of hydrogen-bond acceptors (Lipinski definition) is 2. The van der Waals surface area contributed by atoms with Gasteiger partial charge in [-0.25, -0.2) is 4.98 Å². The van der Waals surface area contributed by atoms with Gasteiger partial charge in [0, 0.05) is 42.9 Å². The van der Waals surface area contributed by atoms with E-state index in [0.29, 0.717) is 28.5 Å². The Balaban J connectivity index is 2.08. The minimum absolute atomic E-state index is 0.0227. The van der Waals surface area contributed by atoms with Gasteiger partial charge < -0.3 is 4.57 Å². The Morgan fingerprint density at radius 1 is 1.39 bits per heavy atom. The van der Waals surface area contributed by atoms with E-state index in [1.54, 1.807) is 24.4 Å².